The molecular formula is C14H18N2O6. The van der Waals surface area contributed by atoms with E-state index in [1.165, 1.54) is 19.2 Å². The minimum absolute atomic E-state index is 0.00232. The highest BCUT2D eigenvalue weighted by Gasteiger charge is 2.24. The zero-order chi connectivity index (χ0) is 16.9. The second-order valence-electron chi connectivity index (χ2n) is 5.14. The first-order chi connectivity index (χ1) is 10.3. The third kappa shape index (κ3) is 4.44. The first-order valence-corrected chi connectivity index (χ1v) is 6.62. The van der Waals surface area contributed by atoms with Crippen LogP contribution in [0.25, 0.3) is 0 Å². The molecule has 0 aromatic heterocycles. The Kier molecular flexibility index (Phi) is 5.85. The van der Waals surface area contributed by atoms with Crippen LogP contribution in [0.4, 0.5) is 5.69 Å². The Morgan fingerprint density at radius 3 is 2.50 bits per heavy atom. The van der Waals surface area contributed by atoms with E-state index in [0.29, 0.717) is 0 Å². The predicted octanol–water partition coefficient (Wildman–Crippen LogP) is 1.83. The van der Waals surface area contributed by atoms with Gasteiger partial charge in [-0.1, -0.05) is 13.8 Å². The number of nitrogens with zero attached hydrogens (tertiary/aromatic N) is 1. The Labute approximate surface area is 127 Å². The number of nitro groups is 1. The van der Waals surface area contributed by atoms with E-state index < -0.39 is 22.8 Å². The van der Waals surface area contributed by atoms with Crippen LogP contribution in [0, 0.1) is 16.0 Å². The third-order valence-corrected chi connectivity index (χ3v) is 2.95. The van der Waals surface area contributed by atoms with Gasteiger partial charge in [0, 0.05) is 11.6 Å². The fourth-order valence-electron chi connectivity index (χ4n) is 1.91. The Balaban J connectivity index is 3.00. The van der Waals surface area contributed by atoms with Crippen molar-refractivity contribution in [2.24, 2.45) is 5.92 Å². The molecule has 1 rings (SSSR count). The molecule has 0 aliphatic rings. The summed E-state index contributed by atoms with van der Waals surface area (Å²) in [6.45, 7) is 3.67. The summed E-state index contributed by atoms with van der Waals surface area (Å²) < 4.78 is 4.85. The van der Waals surface area contributed by atoms with Crippen molar-refractivity contribution in [3.63, 3.8) is 0 Å². The number of rotatable bonds is 7. The number of amides is 1. The molecule has 0 saturated heterocycles. The number of hydrogen-bond acceptors (Lipinski definition) is 5. The van der Waals surface area contributed by atoms with Gasteiger partial charge in [0.25, 0.3) is 5.91 Å². The van der Waals surface area contributed by atoms with Crippen molar-refractivity contribution in [3.8, 4) is 5.75 Å². The summed E-state index contributed by atoms with van der Waals surface area (Å²) in [5.74, 6) is -1.73. The van der Waals surface area contributed by atoms with Crippen LogP contribution in [0.5, 0.6) is 5.75 Å². The molecule has 0 radical (unpaired) electrons. The molecule has 0 fully saturated rings. The molecular weight excluding hydrogens is 292 g/mol. The average molecular weight is 310 g/mol. The van der Waals surface area contributed by atoms with Crippen molar-refractivity contribution in [1.29, 1.82) is 0 Å². The summed E-state index contributed by atoms with van der Waals surface area (Å²) in [7, 11) is 1.28. The number of carboxylic acids is 1. The molecule has 0 aliphatic heterocycles. The highest BCUT2D eigenvalue weighted by Crippen LogP contribution is 2.27. The Morgan fingerprint density at radius 1 is 1.41 bits per heavy atom. The quantitative estimate of drug-likeness (QED) is 0.586. The van der Waals surface area contributed by atoms with Crippen molar-refractivity contribution in [3.05, 3.63) is 33.9 Å². The van der Waals surface area contributed by atoms with Gasteiger partial charge in [-0.2, -0.15) is 0 Å². The van der Waals surface area contributed by atoms with Crippen molar-refractivity contribution in [2.75, 3.05) is 7.11 Å². The number of nitro benzene ring substituents is 1. The summed E-state index contributed by atoms with van der Waals surface area (Å²) in [5.41, 5.74) is -0.353. The molecule has 0 bridgehead atoms. The molecule has 1 amide bonds. The van der Waals surface area contributed by atoms with E-state index in [1.54, 1.807) is 0 Å². The fraction of sp³-hybridized carbons (Fsp3) is 0.429. The van der Waals surface area contributed by atoms with E-state index in [-0.39, 0.29) is 29.3 Å². The van der Waals surface area contributed by atoms with Gasteiger partial charge in [-0.3, -0.25) is 14.9 Å². The fourth-order valence-corrected chi connectivity index (χ4v) is 1.91. The normalized spacial score (nSPS) is 11.8. The minimum atomic E-state index is -1.15. The molecule has 0 aliphatic carbocycles. The summed E-state index contributed by atoms with van der Waals surface area (Å²) in [4.78, 5) is 33.5. The van der Waals surface area contributed by atoms with Crippen LogP contribution in [0.2, 0.25) is 0 Å². The van der Waals surface area contributed by atoms with Crippen molar-refractivity contribution >= 4 is 17.6 Å². The van der Waals surface area contributed by atoms with E-state index in [4.69, 9.17) is 9.84 Å². The van der Waals surface area contributed by atoms with Gasteiger partial charge in [0.2, 0.25) is 0 Å². The molecule has 0 saturated carbocycles. The number of carboxylic acid groups (broad SMARTS) is 1. The van der Waals surface area contributed by atoms with Gasteiger partial charge in [0.05, 0.1) is 12.0 Å². The lowest BCUT2D eigenvalue weighted by molar-refractivity contribution is -0.385. The SMILES string of the molecule is COc1ccc(C(=O)NC(CC(C)C)C(=O)O)cc1[N+](=O)[O-]. The zero-order valence-electron chi connectivity index (χ0n) is 12.5. The van der Waals surface area contributed by atoms with Crippen molar-refractivity contribution < 1.29 is 24.4 Å². The van der Waals surface area contributed by atoms with Gasteiger partial charge in [-0.05, 0) is 24.5 Å². The largest absolute Gasteiger partial charge is 0.490 e. The lowest BCUT2D eigenvalue weighted by atomic mass is 10.0. The smallest absolute Gasteiger partial charge is 0.326 e. The van der Waals surface area contributed by atoms with E-state index in [2.05, 4.69) is 5.32 Å². The summed E-state index contributed by atoms with van der Waals surface area (Å²) >= 11 is 0. The first-order valence-electron chi connectivity index (χ1n) is 6.62. The molecule has 120 valence electrons. The lowest BCUT2D eigenvalue weighted by Gasteiger charge is -2.16. The predicted molar refractivity (Wildman–Crippen MR) is 78.0 cm³/mol. The number of methoxy groups -OCH3 is 1. The van der Waals surface area contributed by atoms with Crippen LogP contribution < -0.4 is 10.1 Å². The van der Waals surface area contributed by atoms with Crippen molar-refractivity contribution in [1.82, 2.24) is 5.32 Å². The number of hydrogen-bond donors (Lipinski definition) is 2. The monoisotopic (exact) mass is 310 g/mol. The summed E-state index contributed by atoms with van der Waals surface area (Å²) in [6, 6.07) is 2.65. The highest BCUT2D eigenvalue weighted by molar-refractivity contribution is 5.97. The van der Waals surface area contributed by atoms with Crippen LogP contribution in [0.15, 0.2) is 18.2 Å². The lowest BCUT2D eigenvalue weighted by Crippen LogP contribution is -2.41. The number of carbonyl (C=O) groups is 2. The number of aliphatic carboxylic acids is 1. The maximum Gasteiger partial charge on any atom is 0.326 e. The topological polar surface area (TPSA) is 119 Å². The highest BCUT2D eigenvalue weighted by atomic mass is 16.6. The van der Waals surface area contributed by atoms with Crippen LogP contribution in [-0.4, -0.2) is 35.1 Å². The van der Waals surface area contributed by atoms with Gasteiger partial charge < -0.3 is 15.2 Å². The van der Waals surface area contributed by atoms with Gasteiger partial charge >= 0.3 is 11.7 Å². The number of ether oxygens (including phenoxy) is 1. The molecule has 8 heteroatoms. The second-order valence-corrected chi connectivity index (χ2v) is 5.14. The van der Waals surface area contributed by atoms with Gasteiger partial charge in [0.1, 0.15) is 6.04 Å². The molecule has 8 nitrogen and oxygen atoms in total. The maximum atomic E-state index is 12.1. The number of benzene rings is 1. The second kappa shape index (κ2) is 7.39. The Morgan fingerprint density at radius 2 is 2.05 bits per heavy atom. The van der Waals surface area contributed by atoms with E-state index in [9.17, 15) is 19.7 Å². The Hall–Kier alpha value is -2.64. The molecule has 2 N–H and O–H groups in total. The molecule has 1 aromatic carbocycles. The van der Waals surface area contributed by atoms with E-state index in [1.807, 2.05) is 13.8 Å². The molecule has 1 atom stereocenters. The molecule has 22 heavy (non-hydrogen) atoms. The van der Waals surface area contributed by atoms with Gasteiger partial charge in [-0.15, -0.1) is 0 Å². The Bertz CT molecular complexity index is 585. The molecule has 1 unspecified atom stereocenters. The number of nitrogens with one attached hydrogen (secondary N) is 1. The summed E-state index contributed by atoms with van der Waals surface area (Å²) in [6.07, 6.45) is 0.263. The maximum absolute atomic E-state index is 12.1. The zero-order valence-corrected chi connectivity index (χ0v) is 12.5. The van der Waals surface area contributed by atoms with Crippen LogP contribution in [-0.2, 0) is 4.79 Å². The summed E-state index contributed by atoms with van der Waals surface area (Å²) in [5, 5.41) is 22.4. The van der Waals surface area contributed by atoms with Crippen LogP contribution >= 0.6 is 0 Å². The van der Waals surface area contributed by atoms with Gasteiger partial charge in [0.15, 0.2) is 5.75 Å². The molecule has 0 spiro atoms. The van der Waals surface area contributed by atoms with Crippen LogP contribution in [0.3, 0.4) is 0 Å². The third-order valence-electron chi connectivity index (χ3n) is 2.95. The first kappa shape index (κ1) is 17.4. The minimum Gasteiger partial charge on any atom is -0.490 e. The van der Waals surface area contributed by atoms with E-state index >= 15 is 0 Å². The van der Waals surface area contributed by atoms with Crippen LogP contribution in [0.1, 0.15) is 30.6 Å². The standard InChI is InChI=1S/C14H18N2O6/c1-8(2)6-10(14(18)19)15-13(17)9-4-5-12(22-3)11(7-9)16(20)21/h4-5,7-8,10H,6H2,1-3H3,(H,15,17)(H,18,19). The number of carbonyl (C=O) groups excluding carboxylic acids is 1. The molecule has 0 heterocycles. The average Bonchev–Trinajstić information content (AvgIpc) is 2.44. The van der Waals surface area contributed by atoms with E-state index in [0.717, 1.165) is 6.07 Å². The van der Waals surface area contributed by atoms with Gasteiger partial charge in [-0.25, -0.2) is 4.79 Å². The molecule has 1 aromatic rings. The van der Waals surface area contributed by atoms with Crippen molar-refractivity contribution in [2.45, 2.75) is 26.3 Å².